The number of rotatable bonds is 3. The molecular formula is C19H26IN3O6. The second kappa shape index (κ2) is 9.42. The lowest BCUT2D eigenvalue weighted by molar-refractivity contribution is 0.0346. The van der Waals surface area contributed by atoms with Crippen molar-refractivity contribution >= 4 is 46.7 Å². The molecule has 1 aromatic carbocycles. The van der Waals surface area contributed by atoms with Crippen molar-refractivity contribution in [3.63, 3.8) is 0 Å². The first-order valence-corrected chi connectivity index (χ1v) is 9.77. The van der Waals surface area contributed by atoms with E-state index in [2.05, 4.69) is 5.32 Å². The number of hydrogen-bond acceptors (Lipinski definition) is 6. The lowest BCUT2D eigenvalue weighted by Crippen LogP contribution is -2.49. The standard InChI is InChI=1S/C19H26IN3O6/c1-18(2,3)28-16(26)22-15(21)23(17(27)29-19(4,5)6)10-11-7-12(14(24)25)9-13(20)8-11/h7-9H,10H2,1-6H3,(H,24,25)(H2,21,22,26). The van der Waals surface area contributed by atoms with E-state index in [-0.39, 0.29) is 12.1 Å². The van der Waals surface area contributed by atoms with Gasteiger partial charge in [-0.1, -0.05) is 0 Å². The van der Waals surface area contributed by atoms with Crippen LogP contribution in [-0.2, 0) is 16.0 Å². The SMILES string of the molecule is CC(C)(C)OC(=O)NC(=N)N(Cc1cc(I)cc(C(=O)O)c1)C(=O)OC(C)(C)C. The Hall–Kier alpha value is -2.37. The molecule has 0 aliphatic heterocycles. The van der Waals surface area contributed by atoms with E-state index < -0.39 is 35.3 Å². The van der Waals surface area contributed by atoms with Crippen LogP contribution in [0.5, 0.6) is 0 Å². The molecule has 0 saturated carbocycles. The van der Waals surface area contributed by atoms with Gasteiger partial charge in [0.25, 0.3) is 0 Å². The molecule has 0 aliphatic carbocycles. The van der Waals surface area contributed by atoms with Crippen molar-refractivity contribution < 1.29 is 29.0 Å². The highest BCUT2D eigenvalue weighted by Crippen LogP contribution is 2.17. The Morgan fingerprint density at radius 3 is 2.10 bits per heavy atom. The van der Waals surface area contributed by atoms with Crippen LogP contribution in [0.25, 0.3) is 0 Å². The molecule has 1 rings (SSSR count). The molecule has 0 bridgehead atoms. The van der Waals surface area contributed by atoms with Crippen LogP contribution in [0.1, 0.15) is 57.5 Å². The zero-order valence-electron chi connectivity index (χ0n) is 17.3. The molecule has 2 amide bonds. The zero-order valence-corrected chi connectivity index (χ0v) is 19.4. The number of carbonyl (C=O) groups is 3. The third-order valence-electron chi connectivity index (χ3n) is 3.05. The van der Waals surface area contributed by atoms with Gasteiger partial charge in [-0.2, -0.15) is 0 Å². The number of alkyl carbamates (subject to hydrolysis) is 1. The molecule has 10 heteroatoms. The minimum atomic E-state index is -1.12. The normalized spacial score (nSPS) is 11.4. The van der Waals surface area contributed by atoms with E-state index in [9.17, 15) is 19.5 Å². The molecule has 3 N–H and O–H groups in total. The number of hydrogen-bond donors (Lipinski definition) is 3. The van der Waals surface area contributed by atoms with E-state index in [4.69, 9.17) is 14.9 Å². The fraction of sp³-hybridized carbons (Fsp3) is 0.474. The predicted octanol–water partition coefficient (Wildman–Crippen LogP) is 4.19. The highest BCUT2D eigenvalue weighted by Gasteiger charge is 2.28. The second-order valence-electron chi connectivity index (χ2n) is 8.20. The van der Waals surface area contributed by atoms with E-state index in [0.29, 0.717) is 9.13 Å². The molecule has 0 saturated heterocycles. The Morgan fingerprint density at radius 2 is 1.62 bits per heavy atom. The maximum atomic E-state index is 12.6. The summed E-state index contributed by atoms with van der Waals surface area (Å²) in [5, 5.41) is 19.6. The average Bonchev–Trinajstić information content (AvgIpc) is 2.47. The van der Waals surface area contributed by atoms with Gasteiger partial charge in [-0.3, -0.25) is 10.7 Å². The summed E-state index contributed by atoms with van der Waals surface area (Å²) >= 11 is 1.96. The lowest BCUT2D eigenvalue weighted by atomic mass is 10.1. The van der Waals surface area contributed by atoms with Crippen molar-refractivity contribution in [3.05, 3.63) is 32.9 Å². The number of nitrogens with zero attached hydrogens (tertiary/aromatic N) is 1. The number of aromatic carboxylic acids is 1. The molecule has 160 valence electrons. The van der Waals surface area contributed by atoms with Crippen LogP contribution < -0.4 is 5.32 Å². The van der Waals surface area contributed by atoms with Gasteiger partial charge in [0.2, 0.25) is 5.96 Å². The Balaban J connectivity index is 3.15. The van der Waals surface area contributed by atoms with Crippen molar-refractivity contribution in [2.24, 2.45) is 0 Å². The van der Waals surface area contributed by atoms with Crippen molar-refractivity contribution in [1.29, 1.82) is 5.41 Å². The fourth-order valence-corrected chi connectivity index (χ4v) is 2.80. The van der Waals surface area contributed by atoms with Gasteiger partial charge >= 0.3 is 18.2 Å². The maximum absolute atomic E-state index is 12.6. The summed E-state index contributed by atoms with van der Waals surface area (Å²) in [6.45, 7) is 9.83. The monoisotopic (exact) mass is 519 g/mol. The van der Waals surface area contributed by atoms with E-state index in [1.54, 1.807) is 47.6 Å². The van der Waals surface area contributed by atoms with Gasteiger partial charge in [-0.15, -0.1) is 0 Å². The number of benzene rings is 1. The Labute approximate surface area is 183 Å². The Bertz CT molecular complexity index is 811. The minimum absolute atomic E-state index is 0.0441. The maximum Gasteiger partial charge on any atom is 0.417 e. The van der Waals surface area contributed by atoms with Crippen LogP contribution in [0.4, 0.5) is 9.59 Å². The molecule has 0 spiro atoms. The predicted molar refractivity (Wildman–Crippen MR) is 115 cm³/mol. The number of nitrogens with one attached hydrogen (secondary N) is 2. The minimum Gasteiger partial charge on any atom is -0.478 e. The summed E-state index contributed by atoms with van der Waals surface area (Å²) in [6.07, 6.45) is -1.76. The molecule has 29 heavy (non-hydrogen) atoms. The largest absolute Gasteiger partial charge is 0.478 e. The number of amides is 2. The number of carboxylic acids is 1. The molecule has 0 unspecified atom stereocenters. The number of guanidine groups is 1. The smallest absolute Gasteiger partial charge is 0.417 e. The van der Waals surface area contributed by atoms with Crippen LogP contribution >= 0.6 is 22.6 Å². The second-order valence-corrected chi connectivity index (χ2v) is 9.44. The average molecular weight is 519 g/mol. The topological polar surface area (TPSA) is 129 Å². The summed E-state index contributed by atoms with van der Waals surface area (Å²) in [7, 11) is 0. The molecule has 0 heterocycles. The van der Waals surface area contributed by atoms with Crippen LogP contribution in [0.3, 0.4) is 0 Å². The van der Waals surface area contributed by atoms with Gasteiger partial charge in [-0.05, 0) is 87.9 Å². The van der Waals surface area contributed by atoms with Gasteiger partial charge < -0.3 is 14.6 Å². The van der Waals surface area contributed by atoms with Crippen LogP contribution in [0.2, 0.25) is 0 Å². The van der Waals surface area contributed by atoms with Gasteiger partial charge in [0.05, 0.1) is 12.1 Å². The quantitative estimate of drug-likeness (QED) is 0.312. The van der Waals surface area contributed by atoms with Crippen LogP contribution in [0.15, 0.2) is 18.2 Å². The Morgan fingerprint density at radius 1 is 1.07 bits per heavy atom. The van der Waals surface area contributed by atoms with Crippen molar-refractivity contribution in [3.8, 4) is 0 Å². The van der Waals surface area contributed by atoms with Crippen molar-refractivity contribution in [1.82, 2.24) is 10.2 Å². The summed E-state index contributed by atoms with van der Waals surface area (Å²) in [6, 6.07) is 4.54. The van der Waals surface area contributed by atoms with Gasteiger partial charge in [0.1, 0.15) is 11.2 Å². The molecule has 0 radical (unpaired) electrons. The van der Waals surface area contributed by atoms with Crippen molar-refractivity contribution in [2.45, 2.75) is 59.3 Å². The summed E-state index contributed by atoms with van der Waals surface area (Å²) in [4.78, 5) is 36.8. The molecule has 0 atom stereocenters. The molecule has 0 aliphatic rings. The molecule has 9 nitrogen and oxygen atoms in total. The molecule has 0 fully saturated rings. The van der Waals surface area contributed by atoms with Crippen LogP contribution in [0, 0.1) is 8.98 Å². The molecule has 0 aromatic heterocycles. The highest BCUT2D eigenvalue weighted by atomic mass is 127. The van der Waals surface area contributed by atoms with Crippen molar-refractivity contribution in [2.75, 3.05) is 0 Å². The third-order valence-corrected chi connectivity index (χ3v) is 3.67. The first-order chi connectivity index (χ1) is 13.1. The zero-order chi connectivity index (χ0) is 22.6. The van der Waals surface area contributed by atoms with Crippen LogP contribution in [-0.4, -0.2) is 45.3 Å². The number of carbonyl (C=O) groups excluding carboxylic acids is 2. The van der Waals surface area contributed by atoms with E-state index in [1.807, 2.05) is 22.6 Å². The molecule has 1 aromatic rings. The summed E-state index contributed by atoms with van der Waals surface area (Å²) < 4.78 is 11.1. The summed E-state index contributed by atoms with van der Waals surface area (Å²) in [5.41, 5.74) is -1.12. The summed E-state index contributed by atoms with van der Waals surface area (Å²) in [5.74, 6) is -1.67. The highest BCUT2D eigenvalue weighted by molar-refractivity contribution is 14.1. The van der Waals surface area contributed by atoms with E-state index >= 15 is 0 Å². The number of ether oxygens (including phenoxy) is 2. The third kappa shape index (κ3) is 9.11. The fourth-order valence-electron chi connectivity index (χ4n) is 2.07. The van der Waals surface area contributed by atoms with E-state index in [0.717, 1.165) is 4.90 Å². The number of carboxylic acid groups (broad SMARTS) is 1. The van der Waals surface area contributed by atoms with Gasteiger partial charge in [-0.25, -0.2) is 19.3 Å². The first kappa shape index (κ1) is 24.7. The van der Waals surface area contributed by atoms with Gasteiger partial charge in [0.15, 0.2) is 0 Å². The Kier molecular flexibility index (Phi) is 8.01. The lowest BCUT2D eigenvalue weighted by Gasteiger charge is -2.28. The molecular weight excluding hydrogens is 493 g/mol. The van der Waals surface area contributed by atoms with E-state index in [1.165, 1.54) is 12.1 Å². The number of halogens is 1. The van der Waals surface area contributed by atoms with Gasteiger partial charge in [0, 0.05) is 3.57 Å². The first-order valence-electron chi connectivity index (χ1n) is 8.69.